The molecule has 1 saturated heterocycles. The highest BCUT2D eigenvalue weighted by atomic mass is 35.5. The number of aromatic nitrogens is 2. The Labute approximate surface area is 178 Å². The number of piperazine rings is 1. The smallest absolute Gasteiger partial charge is 0.244 e. The van der Waals surface area contributed by atoms with Crippen molar-refractivity contribution >= 4 is 30.7 Å². The van der Waals surface area contributed by atoms with Crippen LogP contribution in [0.5, 0.6) is 0 Å². The van der Waals surface area contributed by atoms with Crippen molar-refractivity contribution in [2.24, 2.45) is 5.73 Å². The second kappa shape index (κ2) is 9.69. The molecule has 2 heterocycles. The maximum atomic E-state index is 12.3. The SMILES string of the molecule is Cc1ccc(-c2noc(C(C)N3CCN(C(=O)C(C)(C)N)CC3)n2)cc1.Cl.Cl. The van der Waals surface area contributed by atoms with E-state index in [1.165, 1.54) is 5.56 Å². The Kier molecular flexibility index (Phi) is 8.44. The van der Waals surface area contributed by atoms with Gasteiger partial charge in [0.25, 0.3) is 0 Å². The van der Waals surface area contributed by atoms with Crippen molar-refractivity contribution in [1.29, 1.82) is 0 Å². The van der Waals surface area contributed by atoms with Crippen LogP contribution in [-0.4, -0.2) is 57.6 Å². The number of nitrogens with two attached hydrogens (primary N) is 1. The van der Waals surface area contributed by atoms with E-state index < -0.39 is 5.54 Å². The molecule has 1 atom stereocenters. The largest absolute Gasteiger partial charge is 0.339 e. The van der Waals surface area contributed by atoms with Crippen molar-refractivity contribution in [1.82, 2.24) is 19.9 Å². The number of benzene rings is 1. The number of carbonyl (C=O) groups is 1. The lowest BCUT2D eigenvalue weighted by atomic mass is 10.0. The lowest BCUT2D eigenvalue weighted by Crippen LogP contribution is -2.57. The van der Waals surface area contributed by atoms with E-state index in [1.54, 1.807) is 13.8 Å². The third-order valence-electron chi connectivity index (χ3n) is 4.81. The van der Waals surface area contributed by atoms with Crippen LogP contribution in [0.3, 0.4) is 0 Å². The minimum absolute atomic E-state index is 0. The van der Waals surface area contributed by atoms with Gasteiger partial charge < -0.3 is 15.2 Å². The molecule has 1 aromatic heterocycles. The van der Waals surface area contributed by atoms with Crippen LogP contribution in [0.1, 0.15) is 38.3 Å². The van der Waals surface area contributed by atoms with Crippen molar-refractivity contribution in [3.63, 3.8) is 0 Å². The van der Waals surface area contributed by atoms with E-state index in [1.807, 2.05) is 36.1 Å². The summed E-state index contributed by atoms with van der Waals surface area (Å²) >= 11 is 0. The molecule has 1 unspecified atom stereocenters. The van der Waals surface area contributed by atoms with Crippen molar-refractivity contribution in [3.05, 3.63) is 35.7 Å². The summed E-state index contributed by atoms with van der Waals surface area (Å²) in [5, 5.41) is 4.11. The van der Waals surface area contributed by atoms with Crippen LogP contribution in [0.2, 0.25) is 0 Å². The maximum absolute atomic E-state index is 12.3. The first kappa shape index (κ1) is 24.4. The molecule has 3 rings (SSSR count). The molecule has 2 N–H and O–H groups in total. The quantitative estimate of drug-likeness (QED) is 0.803. The third kappa shape index (κ3) is 5.44. The first-order valence-corrected chi connectivity index (χ1v) is 8.98. The molecule has 1 aliphatic heterocycles. The van der Waals surface area contributed by atoms with E-state index in [0.717, 1.165) is 18.7 Å². The first-order chi connectivity index (χ1) is 12.3. The first-order valence-electron chi connectivity index (χ1n) is 8.98. The summed E-state index contributed by atoms with van der Waals surface area (Å²) in [6.07, 6.45) is 0. The van der Waals surface area contributed by atoms with Gasteiger partial charge in [-0.25, -0.2) is 0 Å². The number of hydrogen-bond donors (Lipinski definition) is 1. The van der Waals surface area contributed by atoms with Gasteiger partial charge in [0.2, 0.25) is 17.6 Å². The molecule has 28 heavy (non-hydrogen) atoms. The Balaban J connectivity index is 0.00000196. The van der Waals surface area contributed by atoms with Gasteiger partial charge in [-0.15, -0.1) is 24.8 Å². The van der Waals surface area contributed by atoms with E-state index in [9.17, 15) is 4.79 Å². The fraction of sp³-hybridized carbons (Fsp3) is 0.526. The lowest BCUT2D eigenvalue weighted by molar-refractivity contribution is -0.137. The summed E-state index contributed by atoms with van der Waals surface area (Å²) in [6.45, 7) is 10.4. The van der Waals surface area contributed by atoms with Crippen molar-refractivity contribution < 1.29 is 9.32 Å². The normalized spacial score (nSPS) is 16.1. The van der Waals surface area contributed by atoms with E-state index >= 15 is 0 Å². The van der Waals surface area contributed by atoms with Gasteiger partial charge in [-0.1, -0.05) is 35.0 Å². The minimum Gasteiger partial charge on any atom is -0.339 e. The summed E-state index contributed by atoms with van der Waals surface area (Å²) in [7, 11) is 0. The molecule has 0 bridgehead atoms. The van der Waals surface area contributed by atoms with Gasteiger partial charge in [-0.3, -0.25) is 9.69 Å². The van der Waals surface area contributed by atoms with Crippen LogP contribution in [0.15, 0.2) is 28.8 Å². The van der Waals surface area contributed by atoms with E-state index in [0.29, 0.717) is 24.8 Å². The van der Waals surface area contributed by atoms with E-state index in [2.05, 4.69) is 22.0 Å². The number of aryl methyl sites for hydroxylation is 1. The van der Waals surface area contributed by atoms with Gasteiger partial charge in [0.1, 0.15) is 0 Å². The number of halogens is 2. The Morgan fingerprint density at radius 2 is 1.71 bits per heavy atom. The zero-order valence-electron chi connectivity index (χ0n) is 16.7. The van der Waals surface area contributed by atoms with Crippen LogP contribution >= 0.6 is 24.8 Å². The molecule has 9 heteroatoms. The van der Waals surface area contributed by atoms with Gasteiger partial charge in [0, 0.05) is 31.7 Å². The number of amides is 1. The maximum Gasteiger partial charge on any atom is 0.244 e. The monoisotopic (exact) mass is 429 g/mol. The lowest BCUT2D eigenvalue weighted by Gasteiger charge is -2.39. The highest BCUT2D eigenvalue weighted by Crippen LogP contribution is 2.24. The molecule has 1 aliphatic rings. The van der Waals surface area contributed by atoms with Crippen LogP contribution in [0.25, 0.3) is 11.4 Å². The molecule has 1 amide bonds. The Morgan fingerprint density at radius 3 is 2.25 bits per heavy atom. The van der Waals surface area contributed by atoms with E-state index in [-0.39, 0.29) is 36.8 Å². The second-order valence-electron chi connectivity index (χ2n) is 7.55. The van der Waals surface area contributed by atoms with Crippen LogP contribution in [0.4, 0.5) is 0 Å². The average molecular weight is 430 g/mol. The summed E-state index contributed by atoms with van der Waals surface area (Å²) in [5.41, 5.74) is 7.23. The van der Waals surface area contributed by atoms with Crippen LogP contribution in [-0.2, 0) is 4.79 Å². The van der Waals surface area contributed by atoms with Crippen LogP contribution in [0, 0.1) is 6.92 Å². The van der Waals surface area contributed by atoms with Gasteiger partial charge in [0.15, 0.2) is 0 Å². The Bertz CT molecular complexity index is 765. The Hall–Kier alpha value is -1.67. The molecule has 0 spiro atoms. The van der Waals surface area contributed by atoms with E-state index in [4.69, 9.17) is 10.3 Å². The molecule has 0 radical (unpaired) electrons. The summed E-state index contributed by atoms with van der Waals surface area (Å²) in [6, 6.07) is 8.06. The fourth-order valence-electron chi connectivity index (χ4n) is 3.10. The highest BCUT2D eigenvalue weighted by Gasteiger charge is 2.32. The second-order valence-corrected chi connectivity index (χ2v) is 7.55. The van der Waals surface area contributed by atoms with Crippen molar-refractivity contribution in [3.8, 4) is 11.4 Å². The van der Waals surface area contributed by atoms with Crippen LogP contribution < -0.4 is 5.73 Å². The number of hydrogen-bond acceptors (Lipinski definition) is 6. The highest BCUT2D eigenvalue weighted by molar-refractivity contribution is 5.86. The molecule has 1 aromatic carbocycles. The average Bonchev–Trinajstić information content (AvgIpc) is 3.10. The topological polar surface area (TPSA) is 88.5 Å². The number of carbonyl (C=O) groups excluding carboxylic acids is 1. The fourth-order valence-corrected chi connectivity index (χ4v) is 3.10. The van der Waals surface area contributed by atoms with Crippen molar-refractivity contribution in [2.45, 2.75) is 39.3 Å². The number of nitrogens with zero attached hydrogens (tertiary/aromatic N) is 4. The summed E-state index contributed by atoms with van der Waals surface area (Å²) < 4.78 is 5.49. The van der Waals surface area contributed by atoms with Gasteiger partial charge in [0.05, 0.1) is 11.6 Å². The number of rotatable bonds is 4. The molecular weight excluding hydrogens is 401 g/mol. The minimum atomic E-state index is -0.830. The summed E-state index contributed by atoms with van der Waals surface area (Å²) in [4.78, 5) is 20.9. The predicted molar refractivity (Wildman–Crippen MR) is 114 cm³/mol. The van der Waals surface area contributed by atoms with Gasteiger partial charge >= 0.3 is 0 Å². The third-order valence-corrected chi connectivity index (χ3v) is 4.81. The van der Waals surface area contributed by atoms with Crippen molar-refractivity contribution in [2.75, 3.05) is 26.2 Å². The molecular formula is C19H29Cl2N5O2. The molecule has 1 fully saturated rings. The van der Waals surface area contributed by atoms with Gasteiger partial charge in [-0.05, 0) is 27.7 Å². The molecule has 0 saturated carbocycles. The predicted octanol–water partition coefficient (Wildman–Crippen LogP) is 2.83. The summed E-state index contributed by atoms with van der Waals surface area (Å²) in [5.74, 6) is 1.19. The molecule has 2 aromatic rings. The standard InChI is InChI=1S/C19H27N5O2.2ClH/c1-13-5-7-15(8-6-13)16-21-17(26-22-16)14(2)23-9-11-24(12-10-23)18(25)19(3,4)20;;/h5-8,14H,9-12,20H2,1-4H3;2*1H. The molecule has 0 aliphatic carbocycles. The zero-order chi connectivity index (χ0) is 18.9. The zero-order valence-corrected chi connectivity index (χ0v) is 18.3. The van der Waals surface area contributed by atoms with Gasteiger partial charge in [-0.2, -0.15) is 4.98 Å². The Morgan fingerprint density at radius 1 is 1.14 bits per heavy atom. The molecule has 156 valence electrons. The molecule has 7 nitrogen and oxygen atoms in total.